The molecule has 0 aliphatic heterocycles. The Labute approximate surface area is 189 Å². The highest BCUT2D eigenvalue weighted by Gasteiger charge is 2.17. The van der Waals surface area contributed by atoms with Crippen molar-refractivity contribution in [2.24, 2.45) is 0 Å². The molecule has 2 nitrogen and oxygen atoms in total. The fourth-order valence-corrected chi connectivity index (χ4v) is 4.05. The monoisotopic (exact) mass is 412 g/mol. The molecule has 0 aliphatic carbocycles. The summed E-state index contributed by atoms with van der Waals surface area (Å²) in [6, 6.07) is 45.9. The summed E-state index contributed by atoms with van der Waals surface area (Å²) >= 11 is 0. The Balaban J connectivity index is 1.58. The summed E-state index contributed by atoms with van der Waals surface area (Å²) in [5.41, 5.74) is 15.2. The van der Waals surface area contributed by atoms with Crippen molar-refractivity contribution in [1.29, 1.82) is 0 Å². The van der Waals surface area contributed by atoms with E-state index in [9.17, 15) is 0 Å². The van der Waals surface area contributed by atoms with E-state index < -0.39 is 0 Å². The zero-order valence-electron chi connectivity index (χ0n) is 17.7. The average Bonchev–Trinajstić information content (AvgIpc) is 2.87. The van der Waals surface area contributed by atoms with Crippen molar-refractivity contribution in [3.8, 4) is 22.3 Å². The molecule has 0 saturated carbocycles. The Morgan fingerprint density at radius 3 is 1.44 bits per heavy atom. The zero-order valence-corrected chi connectivity index (χ0v) is 17.7. The van der Waals surface area contributed by atoms with Crippen molar-refractivity contribution in [3.05, 3.63) is 133 Å². The van der Waals surface area contributed by atoms with E-state index in [4.69, 9.17) is 5.73 Å². The highest BCUT2D eigenvalue weighted by molar-refractivity contribution is 5.92. The summed E-state index contributed by atoms with van der Waals surface area (Å²) in [6.07, 6.45) is 0. The third-order valence-corrected chi connectivity index (χ3v) is 5.66. The van der Waals surface area contributed by atoms with E-state index >= 15 is 0 Å². The average molecular weight is 413 g/mol. The molecule has 2 N–H and O–H groups in total. The van der Waals surface area contributed by atoms with Crippen molar-refractivity contribution in [1.82, 2.24) is 0 Å². The summed E-state index contributed by atoms with van der Waals surface area (Å²) in [5.74, 6) is 0. The van der Waals surface area contributed by atoms with Crippen molar-refractivity contribution in [2.75, 3.05) is 10.6 Å². The van der Waals surface area contributed by atoms with Crippen LogP contribution in [0, 0.1) is 0 Å². The summed E-state index contributed by atoms with van der Waals surface area (Å²) in [6.45, 7) is 0. The molecule has 0 bridgehead atoms. The molecule has 0 unspecified atom stereocenters. The Bertz CT molecular complexity index is 1260. The number of hydrogen-bond acceptors (Lipinski definition) is 2. The normalized spacial score (nSPS) is 10.6. The highest BCUT2D eigenvalue weighted by atomic mass is 15.1. The van der Waals surface area contributed by atoms with Gasteiger partial charge in [-0.05, 0) is 47.0 Å². The van der Waals surface area contributed by atoms with Crippen molar-refractivity contribution in [3.63, 3.8) is 0 Å². The molecule has 0 atom stereocenters. The summed E-state index contributed by atoms with van der Waals surface area (Å²) in [4.78, 5) is 2.21. The van der Waals surface area contributed by atoms with E-state index in [0.29, 0.717) is 0 Å². The number of para-hydroxylation sites is 3. The molecular formula is C30H24N2. The Morgan fingerprint density at radius 2 is 0.875 bits per heavy atom. The number of hydrogen-bond donors (Lipinski definition) is 1. The molecular weight excluding hydrogens is 388 g/mol. The molecule has 0 amide bonds. The minimum Gasteiger partial charge on any atom is -0.397 e. The first-order chi connectivity index (χ1) is 15.8. The van der Waals surface area contributed by atoms with Gasteiger partial charge in [0.1, 0.15) is 0 Å². The first-order valence-corrected chi connectivity index (χ1v) is 10.8. The second kappa shape index (κ2) is 8.83. The van der Waals surface area contributed by atoms with E-state index in [0.717, 1.165) is 33.9 Å². The lowest BCUT2D eigenvalue weighted by Gasteiger charge is -2.27. The van der Waals surface area contributed by atoms with Crippen LogP contribution in [-0.4, -0.2) is 0 Å². The van der Waals surface area contributed by atoms with Crippen LogP contribution in [0.1, 0.15) is 0 Å². The van der Waals surface area contributed by atoms with Gasteiger partial charge < -0.3 is 10.6 Å². The summed E-state index contributed by atoms with van der Waals surface area (Å²) in [7, 11) is 0. The predicted octanol–water partition coefficient (Wildman–Crippen LogP) is 8.07. The van der Waals surface area contributed by atoms with E-state index in [1.165, 1.54) is 11.1 Å². The van der Waals surface area contributed by atoms with Gasteiger partial charge in [0.05, 0.1) is 11.4 Å². The van der Waals surface area contributed by atoms with E-state index in [-0.39, 0.29) is 0 Å². The molecule has 154 valence electrons. The molecule has 32 heavy (non-hydrogen) atoms. The van der Waals surface area contributed by atoms with Crippen LogP contribution >= 0.6 is 0 Å². The topological polar surface area (TPSA) is 29.3 Å². The van der Waals surface area contributed by atoms with Crippen LogP contribution < -0.4 is 10.6 Å². The van der Waals surface area contributed by atoms with Crippen molar-refractivity contribution >= 4 is 22.7 Å². The molecule has 0 fully saturated rings. The fourth-order valence-electron chi connectivity index (χ4n) is 4.05. The summed E-state index contributed by atoms with van der Waals surface area (Å²) < 4.78 is 0. The third kappa shape index (κ3) is 3.86. The van der Waals surface area contributed by atoms with Gasteiger partial charge in [0.2, 0.25) is 0 Å². The molecule has 5 aromatic rings. The second-order valence-corrected chi connectivity index (χ2v) is 7.69. The van der Waals surface area contributed by atoms with Crippen LogP contribution in [0.3, 0.4) is 0 Å². The minimum absolute atomic E-state index is 0.757. The van der Waals surface area contributed by atoms with Crippen LogP contribution in [0.4, 0.5) is 22.7 Å². The maximum absolute atomic E-state index is 6.80. The lowest BCUT2D eigenvalue weighted by atomic mass is 9.98. The Kier molecular flexibility index (Phi) is 5.42. The first kappa shape index (κ1) is 19.7. The Hall–Kier alpha value is -4.30. The van der Waals surface area contributed by atoms with Gasteiger partial charge in [0.25, 0.3) is 0 Å². The molecule has 0 aromatic heterocycles. The maximum atomic E-state index is 6.80. The van der Waals surface area contributed by atoms with Crippen molar-refractivity contribution < 1.29 is 0 Å². The van der Waals surface area contributed by atoms with E-state index in [2.05, 4.69) is 95.9 Å². The van der Waals surface area contributed by atoms with Gasteiger partial charge >= 0.3 is 0 Å². The smallest absolute Gasteiger partial charge is 0.0697 e. The van der Waals surface area contributed by atoms with Crippen LogP contribution in [0.25, 0.3) is 22.3 Å². The van der Waals surface area contributed by atoms with Crippen LogP contribution in [0.2, 0.25) is 0 Å². The Morgan fingerprint density at radius 1 is 0.406 bits per heavy atom. The zero-order chi connectivity index (χ0) is 21.8. The van der Waals surface area contributed by atoms with E-state index in [1.807, 2.05) is 42.5 Å². The van der Waals surface area contributed by atoms with Crippen LogP contribution in [0.15, 0.2) is 133 Å². The lowest BCUT2D eigenvalue weighted by molar-refractivity contribution is 1.29. The van der Waals surface area contributed by atoms with Gasteiger partial charge in [-0.15, -0.1) is 0 Å². The number of rotatable bonds is 5. The standard InChI is InChI=1S/C30H24N2/c31-30-28(25-21-19-24(20-22-25)23-11-4-1-5-12-23)17-10-18-29(30)32(26-13-6-2-7-14-26)27-15-8-3-9-16-27/h1-22H,31H2. The summed E-state index contributed by atoms with van der Waals surface area (Å²) in [5, 5.41) is 0. The van der Waals surface area contributed by atoms with Gasteiger partial charge in [-0.3, -0.25) is 0 Å². The lowest BCUT2D eigenvalue weighted by Crippen LogP contribution is -2.12. The molecule has 2 heteroatoms. The second-order valence-electron chi connectivity index (χ2n) is 7.69. The van der Waals surface area contributed by atoms with Crippen molar-refractivity contribution in [2.45, 2.75) is 0 Å². The SMILES string of the molecule is Nc1c(-c2ccc(-c3ccccc3)cc2)cccc1N(c1ccccc1)c1ccccc1. The predicted molar refractivity (Wildman–Crippen MR) is 136 cm³/mol. The van der Waals surface area contributed by atoms with Gasteiger partial charge in [0.15, 0.2) is 0 Å². The number of nitrogen functional groups attached to an aromatic ring is 1. The fraction of sp³-hybridized carbons (Fsp3) is 0. The van der Waals surface area contributed by atoms with Crippen LogP contribution in [-0.2, 0) is 0 Å². The number of anilines is 4. The maximum Gasteiger partial charge on any atom is 0.0697 e. The molecule has 0 saturated heterocycles. The van der Waals surface area contributed by atoms with Gasteiger partial charge in [-0.2, -0.15) is 0 Å². The molecule has 5 rings (SSSR count). The molecule has 0 spiro atoms. The quantitative estimate of drug-likeness (QED) is 0.296. The van der Waals surface area contributed by atoms with E-state index in [1.54, 1.807) is 0 Å². The highest BCUT2D eigenvalue weighted by Crippen LogP contribution is 2.41. The molecule has 5 aromatic carbocycles. The molecule has 0 radical (unpaired) electrons. The van der Waals surface area contributed by atoms with Gasteiger partial charge in [-0.1, -0.05) is 103 Å². The number of nitrogens with two attached hydrogens (primary N) is 1. The number of benzene rings is 5. The van der Waals surface area contributed by atoms with Crippen LogP contribution in [0.5, 0.6) is 0 Å². The minimum atomic E-state index is 0.757. The largest absolute Gasteiger partial charge is 0.397 e. The first-order valence-electron chi connectivity index (χ1n) is 10.8. The number of nitrogens with zero attached hydrogens (tertiary/aromatic N) is 1. The van der Waals surface area contributed by atoms with Gasteiger partial charge in [-0.25, -0.2) is 0 Å². The molecule has 0 heterocycles. The third-order valence-electron chi connectivity index (χ3n) is 5.66. The van der Waals surface area contributed by atoms with Gasteiger partial charge in [0, 0.05) is 16.9 Å². The molecule has 0 aliphatic rings.